The van der Waals surface area contributed by atoms with Crippen molar-refractivity contribution in [1.82, 2.24) is 10.6 Å². The lowest BCUT2D eigenvalue weighted by atomic mass is 10.1. The van der Waals surface area contributed by atoms with Crippen LogP contribution in [-0.4, -0.2) is 83.7 Å². The SMILES string of the molecule is CCCCCC(=O)NCC=O.CNC(C)C(=O)Nc1cc(COC)cc(COc2cc3c(cc2OC)C(=O)N2c4ccccc4CC2C=N3)c1.COC=O. The minimum absolute atomic E-state index is 0.0226. The molecule has 2 aliphatic rings. The number of hydrogen-bond acceptors (Lipinski definition) is 11. The molecule has 0 spiro atoms. The number of benzene rings is 3. The predicted octanol–water partition coefficient (Wildman–Crippen LogP) is 4.93. The summed E-state index contributed by atoms with van der Waals surface area (Å²) in [7, 11) is 6.21. The summed E-state index contributed by atoms with van der Waals surface area (Å²) in [5, 5.41) is 8.35. The first-order chi connectivity index (χ1) is 26.1. The maximum atomic E-state index is 13.6. The molecule has 2 aliphatic heterocycles. The van der Waals surface area contributed by atoms with E-state index in [0.717, 1.165) is 48.1 Å². The van der Waals surface area contributed by atoms with Gasteiger partial charge in [0, 0.05) is 43.6 Å². The van der Waals surface area contributed by atoms with Crippen molar-refractivity contribution in [2.75, 3.05) is 45.1 Å². The van der Waals surface area contributed by atoms with Crippen LogP contribution in [0.3, 0.4) is 0 Å². The van der Waals surface area contributed by atoms with Gasteiger partial charge in [0.1, 0.15) is 12.9 Å². The molecule has 2 atom stereocenters. The van der Waals surface area contributed by atoms with Crippen molar-refractivity contribution in [1.29, 1.82) is 0 Å². The van der Waals surface area contributed by atoms with Gasteiger partial charge in [-0.3, -0.25) is 29.1 Å². The summed E-state index contributed by atoms with van der Waals surface area (Å²) in [6, 6.07) is 16.6. The highest BCUT2D eigenvalue weighted by Crippen LogP contribution is 2.41. The summed E-state index contributed by atoms with van der Waals surface area (Å²) < 4.78 is 21.0. The first-order valence-electron chi connectivity index (χ1n) is 17.7. The van der Waals surface area contributed by atoms with Crippen molar-refractivity contribution in [2.45, 2.75) is 71.2 Å². The summed E-state index contributed by atoms with van der Waals surface area (Å²) in [6.07, 6.45) is 6.90. The highest BCUT2D eigenvalue weighted by atomic mass is 16.5. The number of amides is 3. The molecule has 14 heteroatoms. The average Bonchev–Trinajstić information content (AvgIpc) is 3.50. The maximum Gasteiger partial charge on any atom is 0.292 e. The van der Waals surface area contributed by atoms with Crippen LogP contribution in [0.4, 0.5) is 17.1 Å². The molecule has 14 nitrogen and oxygen atoms in total. The van der Waals surface area contributed by atoms with E-state index in [1.165, 1.54) is 7.11 Å². The number of methoxy groups -OCH3 is 3. The van der Waals surface area contributed by atoms with Gasteiger partial charge >= 0.3 is 0 Å². The zero-order valence-electron chi connectivity index (χ0n) is 31.8. The van der Waals surface area contributed by atoms with E-state index in [9.17, 15) is 19.2 Å². The Morgan fingerprint density at radius 2 is 1.72 bits per heavy atom. The van der Waals surface area contributed by atoms with Gasteiger partial charge in [0.2, 0.25) is 11.8 Å². The van der Waals surface area contributed by atoms with E-state index in [0.29, 0.717) is 54.2 Å². The molecule has 0 bridgehead atoms. The Morgan fingerprint density at radius 3 is 2.37 bits per heavy atom. The van der Waals surface area contributed by atoms with Crippen LogP contribution in [0.15, 0.2) is 59.6 Å². The monoisotopic (exact) mass is 745 g/mol. The Labute approximate surface area is 316 Å². The van der Waals surface area contributed by atoms with Crippen molar-refractivity contribution in [2.24, 2.45) is 4.99 Å². The second kappa shape index (κ2) is 22.5. The molecule has 2 heterocycles. The van der Waals surface area contributed by atoms with E-state index >= 15 is 0 Å². The Hall–Kier alpha value is -5.60. The first kappa shape index (κ1) is 42.8. The van der Waals surface area contributed by atoms with E-state index in [1.54, 1.807) is 45.2 Å². The molecule has 290 valence electrons. The van der Waals surface area contributed by atoms with Gasteiger partial charge in [-0.25, -0.2) is 0 Å². The summed E-state index contributed by atoms with van der Waals surface area (Å²) in [4.78, 5) is 62.1. The topological polar surface area (TPSA) is 174 Å². The molecular formula is C40H51N5O9. The summed E-state index contributed by atoms with van der Waals surface area (Å²) in [5.41, 5.74) is 5.42. The molecule has 3 N–H and O–H groups in total. The molecule has 2 unspecified atom stereocenters. The number of hydrogen-bond donors (Lipinski definition) is 3. The fourth-order valence-electron chi connectivity index (χ4n) is 5.68. The summed E-state index contributed by atoms with van der Waals surface area (Å²) in [5.74, 6) is 0.621. The Bertz CT molecular complexity index is 1760. The Kier molecular flexibility index (Phi) is 17.8. The van der Waals surface area contributed by atoms with Crippen molar-refractivity contribution in [3.8, 4) is 11.5 Å². The van der Waals surface area contributed by atoms with E-state index in [1.807, 2.05) is 48.7 Å². The van der Waals surface area contributed by atoms with Crippen LogP contribution in [0.2, 0.25) is 0 Å². The zero-order chi connectivity index (χ0) is 39.5. The molecule has 0 radical (unpaired) electrons. The number of rotatable bonds is 16. The molecule has 3 aromatic rings. The molecule has 3 amide bonds. The number of nitrogens with one attached hydrogen (secondary N) is 3. The fraction of sp³-hybridized carbons (Fsp3) is 0.400. The highest BCUT2D eigenvalue weighted by Gasteiger charge is 2.36. The number of fused-ring (bicyclic) bond motifs is 4. The van der Waals surface area contributed by atoms with Crippen LogP contribution in [0.25, 0.3) is 0 Å². The molecular weight excluding hydrogens is 694 g/mol. The molecule has 0 saturated heterocycles. The standard InChI is InChI=1S/C30H32N4O5.C8H15NO2.C2H4O2/c1-18(31-2)29(35)33-22-10-19(16-37-3)9-20(11-22)17-39-28-14-25-24(13-27(28)38-4)30(36)34-23(15-32-25)12-21-7-5-6-8-26(21)34;1-2-3-4-5-8(11)9-6-7-10;1-4-2-3/h5-11,13-15,18,23,31H,12,16-17H2,1-4H3,(H,33,35);7H,2-6H2,1H3,(H,9,11);2H,1H3. The molecule has 3 aromatic carbocycles. The molecule has 54 heavy (non-hydrogen) atoms. The number of ether oxygens (including phenoxy) is 4. The molecule has 0 aliphatic carbocycles. The number of para-hydroxylation sites is 1. The first-order valence-corrected chi connectivity index (χ1v) is 17.7. The Morgan fingerprint density at radius 1 is 1.00 bits per heavy atom. The predicted molar refractivity (Wildman–Crippen MR) is 207 cm³/mol. The lowest BCUT2D eigenvalue weighted by Crippen LogP contribution is -2.37. The van der Waals surface area contributed by atoms with Gasteiger partial charge in [0.25, 0.3) is 12.4 Å². The van der Waals surface area contributed by atoms with E-state index in [-0.39, 0.29) is 43.0 Å². The van der Waals surface area contributed by atoms with Crippen LogP contribution in [0.5, 0.6) is 11.5 Å². The summed E-state index contributed by atoms with van der Waals surface area (Å²) in [6.45, 7) is 4.99. The quantitative estimate of drug-likeness (QED) is 0.135. The molecule has 0 saturated carbocycles. The maximum absolute atomic E-state index is 13.6. The van der Waals surface area contributed by atoms with Crippen LogP contribution >= 0.6 is 0 Å². The molecule has 0 fully saturated rings. The fourth-order valence-corrected chi connectivity index (χ4v) is 5.68. The smallest absolute Gasteiger partial charge is 0.292 e. The Balaban J connectivity index is 0.000000442. The number of anilines is 2. The van der Waals surface area contributed by atoms with E-state index < -0.39 is 0 Å². The minimum atomic E-state index is -0.341. The third-order valence-electron chi connectivity index (χ3n) is 8.47. The van der Waals surface area contributed by atoms with Gasteiger partial charge in [-0.15, -0.1) is 0 Å². The number of nitrogens with zero attached hydrogens (tertiary/aromatic N) is 2. The van der Waals surface area contributed by atoms with Crippen LogP contribution in [-0.2, 0) is 48.3 Å². The number of carbonyl (C=O) groups is 5. The molecule has 0 aromatic heterocycles. The molecule has 5 rings (SSSR count). The minimum Gasteiger partial charge on any atom is -0.493 e. The zero-order valence-corrected chi connectivity index (χ0v) is 31.8. The van der Waals surface area contributed by atoms with Gasteiger partial charge in [-0.1, -0.05) is 38.0 Å². The number of likely N-dealkylation sites (N-methyl/N-ethyl adjacent to an activating group) is 1. The van der Waals surface area contributed by atoms with Crippen molar-refractivity contribution in [3.63, 3.8) is 0 Å². The largest absolute Gasteiger partial charge is 0.493 e. The highest BCUT2D eigenvalue weighted by molar-refractivity contribution is 6.14. The van der Waals surface area contributed by atoms with Gasteiger partial charge in [-0.05, 0) is 67.4 Å². The number of carbonyl (C=O) groups excluding carboxylic acids is 5. The lowest BCUT2D eigenvalue weighted by molar-refractivity contribution is -0.126. The lowest BCUT2D eigenvalue weighted by Gasteiger charge is -2.22. The second-order valence-corrected chi connectivity index (χ2v) is 12.4. The van der Waals surface area contributed by atoms with Crippen LogP contribution < -0.4 is 30.3 Å². The van der Waals surface area contributed by atoms with Crippen molar-refractivity contribution >= 4 is 53.8 Å². The van der Waals surface area contributed by atoms with Crippen LogP contribution in [0, 0.1) is 0 Å². The van der Waals surface area contributed by atoms with Gasteiger partial charge in [0.15, 0.2) is 11.5 Å². The van der Waals surface area contributed by atoms with Gasteiger partial charge < -0.3 is 39.7 Å². The average molecular weight is 746 g/mol. The third kappa shape index (κ3) is 12.2. The normalized spacial score (nSPS) is 13.9. The van der Waals surface area contributed by atoms with Crippen LogP contribution in [0.1, 0.15) is 66.6 Å². The van der Waals surface area contributed by atoms with E-state index in [2.05, 4.69) is 32.6 Å². The second-order valence-electron chi connectivity index (χ2n) is 12.4. The van der Waals surface area contributed by atoms with E-state index in [4.69, 9.17) is 19.0 Å². The number of aldehydes is 1. The van der Waals surface area contributed by atoms with Gasteiger partial charge in [-0.2, -0.15) is 0 Å². The van der Waals surface area contributed by atoms with Crippen molar-refractivity contribution in [3.05, 3.63) is 76.9 Å². The van der Waals surface area contributed by atoms with Gasteiger partial charge in [0.05, 0.1) is 50.7 Å². The number of aliphatic imine (C=N–C) groups is 1. The summed E-state index contributed by atoms with van der Waals surface area (Å²) >= 11 is 0. The van der Waals surface area contributed by atoms with Crippen molar-refractivity contribution < 1.29 is 42.9 Å². The number of unbranched alkanes of at least 4 members (excludes halogenated alkanes) is 2. The third-order valence-corrected chi connectivity index (χ3v) is 8.47.